The normalized spacial score (nSPS) is 35.1. The highest BCUT2D eigenvalue weighted by Gasteiger charge is 2.37. The Kier molecular flexibility index (Phi) is 4.87. The molecule has 2 bridgehead atoms. The maximum Gasteiger partial charge on any atom is 0.00988 e. The van der Waals surface area contributed by atoms with Crippen molar-refractivity contribution < 1.29 is 0 Å². The van der Waals surface area contributed by atoms with Gasteiger partial charge >= 0.3 is 0 Å². The number of rotatable bonds is 6. The molecule has 2 aliphatic heterocycles. The minimum Gasteiger partial charge on any atom is -0.314 e. The lowest BCUT2D eigenvalue weighted by atomic mass is 9.91. The summed E-state index contributed by atoms with van der Waals surface area (Å²) in [6, 6.07) is 2.50. The van der Waals surface area contributed by atoms with E-state index in [1.54, 1.807) is 0 Å². The molecular formula is C15H30N2. The van der Waals surface area contributed by atoms with Gasteiger partial charge in [0.15, 0.2) is 0 Å². The Morgan fingerprint density at radius 3 is 2.47 bits per heavy atom. The average Bonchev–Trinajstić information content (AvgIpc) is 2.57. The van der Waals surface area contributed by atoms with Crippen LogP contribution in [0.2, 0.25) is 0 Å². The van der Waals surface area contributed by atoms with Gasteiger partial charge in [0.05, 0.1) is 0 Å². The maximum atomic E-state index is 3.75. The molecule has 2 heterocycles. The number of hydrogen-bond donors (Lipinski definition) is 1. The van der Waals surface area contributed by atoms with E-state index in [0.29, 0.717) is 6.04 Å². The number of nitrogens with one attached hydrogen (secondary N) is 1. The molecule has 0 aromatic rings. The van der Waals surface area contributed by atoms with Gasteiger partial charge in [0.25, 0.3) is 0 Å². The SMILES string of the molecule is CCCCC(C)NCC1CC2CCC(C1)N2C. The van der Waals surface area contributed by atoms with Gasteiger partial charge in [-0.1, -0.05) is 19.8 Å². The molecule has 0 radical (unpaired) electrons. The highest BCUT2D eigenvalue weighted by Crippen LogP contribution is 2.37. The Hall–Kier alpha value is -0.0800. The van der Waals surface area contributed by atoms with E-state index in [-0.39, 0.29) is 0 Å². The third-order valence-electron chi connectivity index (χ3n) is 4.94. The van der Waals surface area contributed by atoms with Gasteiger partial charge in [-0.3, -0.25) is 0 Å². The molecule has 2 saturated heterocycles. The quantitative estimate of drug-likeness (QED) is 0.765. The molecule has 2 heteroatoms. The zero-order valence-electron chi connectivity index (χ0n) is 11.9. The molecule has 3 unspecified atom stereocenters. The molecule has 2 nitrogen and oxygen atoms in total. The van der Waals surface area contributed by atoms with Crippen LogP contribution in [0.25, 0.3) is 0 Å². The van der Waals surface area contributed by atoms with Gasteiger partial charge < -0.3 is 10.2 Å². The van der Waals surface area contributed by atoms with E-state index in [4.69, 9.17) is 0 Å². The lowest BCUT2D eigenvalue weighted by Crippen LogP contribution is -2.43. The molecule has 2 aliphatic rings. The van der Waals surface area contributed by atoms with Crippen LogP contribution in [0, 0.1) is 5.92 Å². The minimum atomic E-state index is 0.715. The fraction of sp³-hybridized carbons (Fsp3) is 1.00. The van der Waals surface area contributed by atoms with Gasteiger partial charge in [-0.15, -0.1) is 0 Å². The van der Waals surface area contributed by atoms with Crippen LogP contribution < -0.4 is 5.32 Å². The van der Waals surface area contributed by atoms with Crippen molar-refractivity contribution in [2.24, 2.45) is 5.92 Å². The summed E-state index contributed by atoms with van der Waals surface area (Å²) < 4.78 is 0. The number of unbranched alkanes of at least 4 members (excludes halogenated alkanes) is 1. The molecule has 0 aliphatic carbocycles. The summed E-state index contributed by atoms with van der Waals surface area (Å²) in [7, 11) is 2.33. The lowest BCUT2D eigenvalue weighted by molar-refractivity contribution is 0.131. The molecule has 0 aromatic carbocycles. The zero-order chi connectivity index (χ0) is 12.3. The third-order valence-corrected chi connectivity index (χ3v) is 4.94. The molecule has 0 amide bonds. The summed E-state index contributed by atoms with van der Waals surface area (Å²) in [4.78, 5) is 2.64. The zero-order valence-corrected chi connectivity index (χ0v) is 11.9. The lowest BCUT2D eigenvalue weighted by Gasteiger charge is -2.36. The Balaban J connectivity index is 1.67. The van der Waals surface area contributed by atoms with E-state index < -0.39 is 0 Å². The van der Waals surface area contributed by atoms with Crippen molar-refractivity contribution in [1.82, 2.24) is 10.2 Å². The fourth-order valence-electron chi connectivity index (χ4n) is 3.67. The Morgan fingerprint density at radius 2 is 1.88 bits per heavy atom. The van der Waals surface area contributed by atoms with Gasteiger partial charge in [-0.2, -0.15) is 0 Å². The van der Waals surface area contributed by atoms with Crippen molar-refractivity contribution in [2.45, 2.75) is 76.9 Å². The number of fused-ring (bicyclic) bond motifs is 2. The van der Waals surface area contributed by atoms with E-state index in [2.05, 4.69) is 31.1 Å². The van der Waals surface area contributed by atoms with Gasteiger partial charge in [-0.25, -0.2) is 0 Å². The molecule has 0 aromatic heterocycles. The summed E-state index contributed by atoms with van der Waals surface area (Å²) in [5.74, 6) is 0.938. The first-order valence-corrected chi connectivity index (χ1v) is 7.66. The van der Waals surface area contributed by atoms with E-state index >= 15 is 0 Å². The van der Waals surface area contributed by atoms with Crippen molar-refractivity contribution in [3.63, 3.8) is 0 Å². The van der Waals surface area contributed by atoms with Crippen molar-refractivity contribution >= 4 is 0 Å². The fourth-order valence-corrected chi connectivity index (χ4v) is 3.67. The van der Waals surface area contributed by atoms with E-state index in [9.17, 15) is 0 Å². The Bertz CT molecular complexity index is 215. The van der Waals surface area contributed by atoms with Crippen LogP contribution >= 0.6 is 0 Å². The molecule has 3 atom stereocenters. The highest BCUT2D eigenvalue weighted by molar-refractivity contribution is 4.93. The molecule has 1 N–H and O–H groups in total. The predicted molar refractivity (Wildman–Crippen MR) is 74.3 cm³/mol. The molecule has 17 heavy (non-hydrogen) atoms. The van der Waals surface area contributed by atoms with Crippen LogP contribution in [0.3, 0.4) is 0 Å². The van der Waals surface area contributed by atoms with Crippen LogP contribution in [0.1, 0.15) is 58.8 Å². The number of hydrogen-bond acceptors (Lipinski definition) is 2. The van der Waals surface area contributed by atoms with Crippen LogP contribution in [0.4, 0.5) is 0 Å². The van der Waals surface area contributed by atoms with Gasteiger partial charge in [0.1, 0.15) is 0 Å². The summed E-state index contributed by atoms with van der Waals surface area (Å²) in [5, 5.41) is 3.75. The van der Waals surface area contributed by atoms with Crippen LogP contribution in [-0.2, 0) is 0 Å². The Morgan fingerprint density at radius 1 is 1.24 bits per heavy atom. The standard InChI is InChI=1S/C15H30N2/c1-4-5-6-12(2)16-11-13-9-14-7-8-15(10-13)17(14)3/h12-16H,4-11H2,1-3H3. The average molecular weight is 238 g/mol. The first kappa shape index (κ1) is 13.4. The molecular weight excluding hydrogens is 208 g/mol. The van der Waals surface area contributed by atoms with Gasteiger partial charge in [0, 0.05) is 18.1 Å². The van der Waals surface area contributed by atoms with E-state index in [1.807, 2.05) is 0 Å². The molecule has 100 valence electrons. The largest absolute Gasteiger partial charge is 0.314 e. The van der Waals surface area contributed by atoms with Crippen molar-refractivity contribution in [3.8, 4) is 0 Å². The second-order valence-corrected chi connectivity index (χ2v) is 6.34. The van der Waals surface area contributed by atoms with E-state index in [1.165, 1.54) is 51.5 Å². The third kappa shape index (κ3) is 3.45. The monoisotopic (exact) mass is 238 g/mol. The summed E-state index contributed by atoms with van der Waals surface area (Å²) >= 11 is 0. The minimum absolute atomic E-state index is 0.715. The van der Waals surface area contributed by atoms with E-state index in [0.717, 1.165) is 18.0 Å². The topological polar surface area (TPSA) is 15.3 Å². The predicted octanol–water partition coefficient (Wildman–Crippen LogP) is 3.03. The van der Waals surface area contributed by atoms with Crippen LogP contribution in [0.15, 0.2) is 0 Å². The molecule has 0 saturated carbocycles. The van der Waals surface area contributed by atoms with Gasteiger partial charge in [-0.05, 0) is 58.5 Å². The second-order valence-electron chi connectivity index (χ2n) is 6.34. The maximum absolute atomic E-state index is 3.75. The molecule has 0 spiro atoms. The van der Waals surface area contributed by atoms with Crippen molar-refractivity contribution in [2.75, 3.05) is 13.6 Å². The molecule has 2 fully saturated rings. The van der Waals surface area contributed by atoms with Crippen LogP contribution in [-0.4, -0.2) is 36.6 Å². The smallest absolute Gasteiger partial charge is 0.00988 e. The summed E-state index contributed by atoms with van der Waals surface area (Å²) in [6.07, 6.45) is 9.79. The first-order valence-electron chi connectivity index (χ1n) is 7.66. The van der Waals surface area contributed by atoms with Crippen molar-refractivity contribution in [1.29, 1.82) is 0 Å². The van der Waals surface area contributed by atoms with Crippen LogP contribution in [0.5, 0.6) is 0 Å². The molecule has 2 rings (SSSR count). The summed E-state index contributed by atoms with van der Waals surface area (Å²) in [6.45, 7) is 5.88. The Labute approximate surface area is 107 Å². The number of piperidine rings is 1. The van der Waals surface area contributed by atoms with Crippen molar-refractivity contribution in [3.05, 3.63) is 0 Å². The first-order chi connectivity index (χ1) is 8.20. The van der Waals surface area contributed by atoms with Gasteiger partial charge in [0.2, 0.25) is 0 Å². The second kappa shape index (κ2) is 6.19. The number of nitrogens with zero attached hydrogens (tertiary/aromatic N) is 1. The highest BCUT2D eigenvalue weighted by atomic mass is 15.2. The summed E-state index contributed by atoms with van der Waals surface area (Å²) in [5.41, 5.74) is 0.